The van der Waals surface area contributed by atoms with Crippen LogP contribution in [0.5, 0.6) is 0 Å². The lowest BCUT2D eigenvalue weighted by molar-refractivity contribution is -0.138. The van der Waals surface area contributed by atoms with Crippen molar-refractivity contribution >= 4 is 23.2 Å². The number of hydrogen-bond donors (Lipinski definition) is 0. The van der Waals surface area contributed by atoms with Crippen LogP contribution in [-0.2, 0) is 18.5 Å². The van der Waals surface area contributed by atoms with Gasteiger partial charge in [0.05, 0.1) is 29.5 Å². The Balaban J connectivity index is 2.25. The highest BCUT2D eigenvalue weighted by molar-refractivity contribution is 7.95. The van der Waals surface area contributed by atoms with E-state index in [9.17, 15) is 43.9 Å². The van der Waals surface area contributed by atoms with E-state index in [1.807, 2.05) is 0 Å². The van der Waals surface area contributed by atoms with E-state index in [0.717, 1.165) is 36.4 Å². The molecule has 0 heterocycles. The molecule has 3 aromatic carbocycles. The van der Waals surface area contributed by atoms with Gasteiger partial charge in [-0.05, 0) is 92.1 Å². The van der Waals surface area contributed by atoms with Gasteiger partial charge >= 0.3 is 18.5 Å². The summed E-state index contributed by atoms with van der Waals surface area (Å²) < 4.78 is 132. The van der Waals surface area contributed by atoms with Crippen LogP contribution in [0.4, 0.5) is 43.9 Å². The quantitative estimate of drug-likeness (QED) is 0.149. The number of hydrogen-bond acceptors (Lipinski definition) is 0. The molecule has 0 fully saturated rings. The number of halogens is 10. The van der Waals surface area contributed by atoms with E-state index in [1.54, 1.807) is 0 Å². The Morgan fingerprint density at radius 2 is 0.730 bits per heavy atom. The third-order valence-corrected chi connectivity index (χ3v) is 10.6. The van der Waals surface area contributed by atoms with Gasteiger partial charge in [-0.2, -0.15) is 39.5 Å². The standard InChI is InChI=1S/C26H22F10P/c27-16-2-1-3-17-37(21-10-4-18(5-11-21)24(28,29)30,22-12-6-19(7-13-22)25(31,32)33)23-14-8-20(9-15-23)26(34,35)36/h4-15H,1-3,16-17H2/q+1. The number of rotatable bonds is 8. The van der Waals surface area contributed by atoms with Crippen LogP contribution in [0.15, 0.2) is 72.8 Å². The van der Waals surface area contributed by atoms with Crippen molar-refractivity contribution in [2.24, 2.45) is 0 Å². The molecule has 0 aromatic heterocycles. The first-order chi connectivity index (χ1) is 17.2. The predicted octanol–water partition coefficient (Wildman–Crippen LogP) is 8.18. The second-order valence-corrected chi connectivity index (χ2v) is 12.0. The largest absolute Gasteiger partial charge is 0.416 e. The van der Waals surface area contributed by atoms with E-state index < -0.39 is 49.2 Å². The van der Waals surface area contributed by atoms with Crippen LogP contribution in [0.1, 0.15) is 36.0 Å². The summed E-state index contributed by atoms with van der Waals surface area (Å²) in [7, 11) is -3.03. The highest BCUT2D eigenvalue weighted by atomic mass is 31.2. The summed E-state index contributed by atoms with van der Waals surface area (Å²) in [5, 5.41) is 1.08. The molecule has 0 unspecified atom stereocenters. The van der Waals surface area contributed by atoms with Crippen molar-refractivity contribution in [1.82, 2.24) is 0 Å². The van der Waals surface area contributed by atoms with Gasteiger partial charge in [-0.1, -0.05) is 0 Å². The van der Waals surface area contributed by atoms with Gasteiger partial charge in [0.1, 0.15) is 23.2 Å². The minimum absolute atomic E-state index is 0.201. The van der Waals surface area contributed by atoms with Crippen molar-refractivity contribution in [3.63, 3.8) is 0 Å². The molecule has 0 aliphatic carbocycles. The molecule has 0 N–H and O–H groups in total. The molecule has 0 aliphatic heterocycles. The van der Waals surface area contributed by atoms with E-state index in [2.05, 4.69) is 0 Å². The molecule has 0 spiro atoms. The summed E-state index contributed by atoms with van der Waals surface area (Å²) in [4.78, 5) is 0. The van der Waals surface area contributed by atoms with Crippen LogP contribution in [0.25, 0.3) is 0 Å². The summed E-state index contributed by atoms with van der Waals surface area (Å²) >= 11 is 0. The molecule has 200 valence electrons. The van der Waals surface area contributed by atoms with Gasteiger partial charge in [0, 0.05) is 0 Å². The maximum absolute atomic E-state index is 13.2. The van der Waals surface area contributed by atoms with Gasteiger partial charge in [0.2, 0.25) is 0 Å². The average molecular weight is 555 g/mol. The third-order valence-electron chi connectivity index (χ3n) is 6.03. The molecule has 11 heteroatoms. The molecule has 0 nitrogen and oxygen atoms in total. The Hall–Kier alpha value is -2.61. The molecule has 0 saturated heterocycles. The van der Waals surface area contributed by atoms with Crippen molar-refractivity contribution in [1.29, 1.82) is 0 Å². The van der Waals surface area contributed by atoms with Crippen LogP contribution in [0.2, 0.25) is 0 Å². The Morgan fingerprint density at radius 3 is 0.973 bits per heavy atom. The maximum Gasteiger partial charge on any atom is 0.416 e. The van der Waals surface area contributed by atoms with Gasteiger partial charge in [0.25, 0.3) is 0 Å². The van der Waals surface area contributed by atoms with Gasteiger partial charge in [-0.25, -0.2) is 0 Å². The van der Waals surface area contributed by atoms with Crippen LogP contribution in [0, 0.1) is 0 Å². The van der Waals surface area contributed by atoms with Crippen molar-refractivity contribution in [3.8, 4) is 0 Å². The number of unbranched alkanes of at least 4 members (excludes halogenated alkanes) is 2. The second kappa shape index (κ2) is 11.0. The van der Waals surface area contributed by atoms with Crippen LogP contribution >= 0.6 is 7.26 Å². The van der Waals surface area contributed by atoms with Crippen molar-refractivity contribution in [3.05, 3.63) is 89.5 Å². The molecule has 3 aromatic rings. The zero-order valence-electron chi connectivity index (χ0n) is 19.2. The lowest BCUT2D eigenvalue weighted by Gasteiger charge is -2.28. The second-order valence-electron chi connectivity index (χ2n) is 8.42. The van der Waals surface area contributed by atoms with E-state index in [0.29, 0.717) is 28.8 Å². The number of benzene rings is 3. The molecule has 0 radical (unpaired) electrons. The predicted molar refractivity (Wildman–Crippen MR) is 125 cm³/mol. The summed E-state index contributed by atoms with van der Waals surface area (Å²) in [6.07, 6.45) is -12.7. The third kappa shape index (κ3) is 6.64. The molecule has 0 aliphatic rings. The number of alkyl halides is 10. The SMILES string of the molecule is FCCCCC[P+](c1ccc(C(F)(F)F)cc1)(c1ccc(C(F)(F)F)cc1)c1ccc(C(F)(F)F)cc1. The fraction of sp³-hybridized carbons (Fsp3) is 0.308. The zero-order valence-corrected chi connectivity index (χ0v) is 20.1. The zero-order chi connectivity index (χ0) is 27.5. The monoisotopic (exact) mass is 555 g/mol. The molecular formula is C26H22F10P+. The summed E-state index contributed by atoms with van der Waals surface area (Å²) in [6, 6.07) is 12.4. The van der Waals surface area contributed by atoms with Crippen LogP contribution in [0.3, 0.4) is 0 Å². The normalized spacial score (nSPS) is 13.1. The molecule has 3 rings (SSSR count). The minimum atomic E-state index is -4.64. The topological polar surface area (TPSA) is 0 Å². The first-order valence-corrected chi connectivity index (χ1v) is 13.1. The molecule has 0 atom stereocenters. The smallest absolute Gasteiger partial charge is 0.251 e. The average Bonchev–Trinajstić information content (AvgIpc) is 2.83. The van der Waals surface area contributed by atoms with Crippen LogP contribution in [-0.4, -0.2) is 12.8 Å². The fourth-order valence-electron chi connectivity index (χ4n) is 4.17. The lowest BCUT2D eigenvalue weighted by atomic mass is 10.2. The van der Waals surface area contributed by atoms with Crippen molar-refractivity contribution in [2.75, 3.05) is 12.8 Å². The van der Waals surface area contributed by atoms with Crippen LogP contribution < -0.4 is 15.9 Å². The molecular weight excluding hydrogens is 533 g/mol. The molecule has 0 saturated carbocycles. The molecule has 0 amide bonds. The van der Waals surface area contributed by atoms with Crippen molar-refractivity contribution in [2.45, 2.75) is 37.8 Å². The van der Waals surface area contributed by atoms with E-state index in [4.69, 9.17) is 0 Å². The Kier molecular flexibility index (Phi) is 8.62. The van der Waals surface area contributed by atoms with Gasteiger partial charge in [-0.3, -0.25) is 4.39 Å². The van der Waals surface area contributed by atoms with E-state index in [1.165, 1.54) is 36.4 Å². The first kappa shape index (κ1) is 29.0. The minimum Gasteiger partial charge on any atom is -0.251 e. The Labute approximate surface area is 207 Å². The van der Waals surface area contributed by atoms with Gasteiger partial charge < -0.3 is 0 Å². The Morgan fingerprint density at radius 1 is 0.432 bits per heavy atom. The fourth-order valence-corrected chi connectivity index (χ4v) is 8.51. The maximum atomic E-state index is 13.2. The van der Waals surface area contributed by atoms with Gasteiger partial charge in [-0.15, -0.1) is 0 Å². The summed E-state index contributed by atoms with van der Waals surface area (Å²) in [6.45, 7) is -0.605. The molecule has 0 bridgehead atoms. The highest BCUT2D eigenvalue weighted by Crippen LogP contribution is 2.56. The molecule has 37 heavy (non-hydrogen) atoms. The first-order valence-electron chi connectivity index (χ1n) is 11.2. The summed E-state index contributed by atoms with van der Waals surface area (Å²) in [5.41, 5.74) is -2.81. The summed E-state index contributed by atoms with van der Waals surface area (Å²) in [5.74, 6) is 0. The lowest BCUT2D eigenvalue weighted by Crippen LogP contribution is -2.34. The van der Waals surface area contributed by atoms with E-state index >= 15 is 0 Å². The Bertz CT molecular complexity index is 1000. The highest BCUT2D eigenvalue weighted by Gasteiger charge is 2.46. The van der Waals surface area contributed by atoms with Gasteiger partial charge in [0.15, 0.2) is 0 Å². The van der Waals surface area contributed by atoms with Crippen molar-refractivity contribution < 1.29 is 43.9 Å². The van der Waals surface area contributed by atoms with E-state index in [-0.39, 0.29) is 12.6 Å².